The molecule has 0 saturated heterocycles. The van der Waals surface area contributed by atoms with E-state index in [2.05, 4.69) is 102 Å². The van der Waals surface area contributed by atoms with E-state index in [0.717, 1.165) is 55.7 Å². The number of aromatic nitrogens is 2. The third kappa shape index (κ3) is 5.93. The summed E-state index contributed by atoms with van der Waals surface area (Å²) in [5, 5.41) is 17.4. The highest BCUT2D eigenvalue weighted by Crippen LogP contribution is 2.43. The molecule has 5 nitrogen and oxygen atoms in total. The fourth-order valence-electron chi connectivity index (χ4n) is 8.16. The number of nitrogens with zero attached hydrogens (tertiary/aromatic N) is 3. The minimum Gasteiger partial charge on any atom is -0.292 e. The van der Waals surface area contributed by atoms with Crippen LogP contribution in [-0.2, 0) is 9.84 Å². The molecule has 0 atom stereocenters. The summed E-state index contributed by atoms with van der Waals surface area (Å²) in [6.45, 7) is 0. The summed E-state index contributed by atoms with van der Waals surface area (Å²) in [5.41, 5.74) is 7.75. The first kappa shape index (κ1) is 34.9. The van der Waals surface area contributed by atoms with Gasteiger partial charge in [0.1, 0.15) is 16.8 Å². The van der Waals surface area contributed by atoms with Crippen LogP contribution in [0.15, 0.2) is 204 Å². The predicted molar refractivity (Wildman–Crippen MR) is 236 cm³/mol. The van der Waals surface area contributed by atoms with Crippen molar-refractivity contribution in [2.45, 2.75) is 4.90 Å². The highest BCUT2D eigenvalue weighted by Gasteiger charge is 2.25. The van der Waals surface area contributed by atoms with E-state index >= 15 is 0 Å². The number of imidazole rings is 1. The Hall–Kier alpha value is -7.59. The van der Waals surface area contributed by atoms with Gasteiger partial charge in [-0.15, -0.1) is 0 Å². The first-order valence-electron chi connectivity index (χ1n) is 19.0. The third-order valence-electron chi connectivity index (χ3n) is 10.8. The van der Waals surface area contributed by atoms with Gasteiger partial charge in [0.05, 0.1) is 16.3 Å². The zero-order valence-corrected chi connectivity index (χ0v) is 31.9. The van der Waals surface area contributed by atoms with E-state index in [1.54, 1.807) is 18.2 Å². The van der Waals surface area contributed by atoms with Gasteiger partial charge in [-0.1, -0.05) is 152 Å². The summed E-state index contributed by atoms with van der Waals surface area (Å²) in [4.78, 5) is 5.18. The minimum absolute atomic E-state index is 0.0607. The van der Waals surface area contributed by atoms with Crippen LogP contribution in [0.25, 0.3) is 89.1 Å². The van der Waals surface area contributed by atoms with Crippen molar-refractivity contribution in [3.8, 4) is 56.8 Å². The first-order chi connectivity index (χ1) is 28.5. The molecular formula is C52H33N3O2S. The Morgan fingerprint density at radius 2 is 1.12 bits per heavy atom. The molecule has 10 aromatic rings. The van der Waals surface area contributed by atoms with Gasteiger partial charge in [-0.05, 0) is 97.5 Å². The molecule has 0 bridgehead atoms. The van der Waals surface area contributed by atoms with E-state index in [9.17, 15) is 13.7 Å². The van der Waals surface area contributed by atoms with Gasteiger partial charge in [-0.25, -0.2) is 13.4 Å². The average Bonchev–Trinajstić information content (AvgIpc) is 3.69. The molecule has 10 rings (SSSR count). The van der Waals surface area contributed by atoms with Crippen LogP contribution >= 0.6 is 0 Å². The molecule has 0 fully saturated rings. The van der Waals surface area contributed by atoms with E-state index in [1.165, 1.54) is 39.8 Å². The fraction of sp³-hybridized carbons (Fsp3) is 0. The molecule has 1 heterocycles. The minimum atomic E-state index is -4.12. The van der Waals surface area contributed by atoms with Gasteiger partial charge >= 0.3 is 0 Å². The zero-order chi connectivity index (χ0) is 39.2. The molecule has 0 radical (unpaired) electrons. The number of para-hydroxylation sites is 1. The highest BCUT2D eigenvalue weighted by atomic mass is 32.2. The van der Waals surface area contributed by atoms with Gasteiger partial charge in [0.25, 0.3) is 0 Å². The Labute approximate surface area is 336 Å². The van der Waals surface area contributed by atoms with Crippen LogP contribution in [0.3, 0.4) is 0 Å². The van der Waals surface area contributed by atoms with Crippen molar-refractivity contribution in [1.82, 2.24) is 9.55 Å². The summed E-state index contributed by atoms with van der Waals surface area (Å²) in [6, 6.07) is 66.0. The lowest BCUT2D eigenvalue weighted by Gasteiger charge is -2.17. The lowest BCUT2D eigenvalue weighted by molar-refractivity contribution is 0.603. The smallest absolute Gasteiger partial charge is 0.216 e. The summed E-state index contributed by atoms with van der Waals surface area (Å²) < 4.78 is 30.1. The summed E-state index contributed by atoms with van der Waals surface area (Å²) in [5.74, 6) is 0.669. The van der Waals surface area contributed by atoms with E-state index < -0.39 is 9.84 Å². The molecule has 0 aliphatic rings. The Kier molecular flexibility index (Phi) is 8.52. The summed E-state index contributed by atoms with van der Waals surface area (Å²) >= 11 is 0. The van der Waals surface area contributed by atoms with Crippen molar-refractivity contribution < 1.29 is 8.42 Å². The molecule has 0 unspecified atom stereocenters. The van der Waals surface area contributed by atoms with Crippen molar-refractivity contribution in [2.75, 3.05) is 0 Å². The van der Waals surface area contributed by atoms with Crippen molar-refractivity contribution in [2.24, 2.45) is 0 Å². The molecule has 0 N–H and O–H groups in total. The Morgan fingerprint density at radius 3 is 1.79 bits per heavy atom. The molecular weight excluding hydrogens is 731 g/mol. The maximum atomic E-state index is 13.9. The molecule has 0 aliphatic carbocycles. The second-order valence-corrected chi connectivity index (χ2v) is 16.2. The molecule has 0 amide bonds. The average molecular weight is 764 g/mol. The second kappa shape index (κ2) is 14.2. The monoisotopic (exact) mass is 763 g/mol. The number of nitriles is 1. The Balaban J connectivity index is 1.29. The van der Waals surface area contributed by atoms with Crippen LogP contribution in [0.5, 0.6) is 0 Å². The maximum Gasteiger partial charge on any atom is 0.216 e. The molecule has 0 saturated carbocycles. The number of benzene rings is 9. The van der Waals surface area contributed by atoms with Gasteiger partial charge in [0.2, 0.25) is 9.84 Å². The van der Waals surface area contributed by atoms with Crippen molar-refractivity contribution in [1.29, 1.82) is 5.26 Å². The van der Waals surface area contributed by atoms with Crippen LogP contribution in [0.4, 0.5) is 0 Å². The molecule has 9 aromatic carbocycles. The van der Waals surface area contributed by atoms with Crippen molar-refractivity contribution >= 4 is 48.2 Å². The SMILES string of the molecule is N#C/C(=C\c1cc(-c2ccc3ccc4cccc5ccc2c3c45)cc(-c2nc(-c3ccccc3)c(-c3ccccc3)n2-c2ccccc2)c1)S(=O)(=O)c1ccccc1. The molecule has 0 spiro atoms. The number of allylic oxidation sites excluding steroid dienone is 1. The summed E-state index contributed by atoms with van der Waals surface area (Å²) in [7, 11) is -4.12. The first-order valence-corrected chi connectivity index (χ1v) is 20.5. The molecule has 0 aliphatic heterocycles. The number of sulfone groups is 1. The van der Waals surface area contributed by atoms with Gasteiger partial charge < -0.3 is 0 Å². The number of hydrogen-bond donors (Lipinski definition) is 0. The zero-order valence-electron chi connectivity index (χ0n) is 31.1. The molecule has 274 valence electrons. The van der Waals surface area contributed by atoms with Gasteiger partial charge in [-0.2, -0.15) is 5.26 Å². The molecule has 6 heteroatoms. The van der Waals surface area contributed by atoms with E-state index in [4.69, 9.17) is 4.98 Å². The van der Waals surface area contributed by atoms with Crippen LogP contribution in [0, 0.1) is 11.3 Å². The summed E-state index contributed by atoms with van der Waals surface area (Å²) in [6.07, 6.45) is 1.48. The lowest BCUT2D eigenvalue weighted by atomic mass is 9.89. The largest absolute Gasteiger partial charge is 0.292 e. The fourth-order valence-corrected chi connectivity index (χ4v) is 9.34. The Morgan fingerprint density at radius 1 is 0.552 bits per heavy atom. The standard InChI is InChI=1S/C52H33N3O2S/c53-34-45(58(56,57)44-22-11-4-12-23-44)32-35-30-41(46-28-26-38-25-24-36-18-13-19-37-27-29-47(46)49(38)48(36)37)33-42(31-35)52-54-50(39-14-5-1-6-15-39)51(40-16-7-2-8-17-40)55(52)43-20-9-3-10-21-43/h1-33H/b45-32+. The van der Waals surface area contributed by atoms with Crippen molar-refractivity contribution in [3.05, 3.63) is 205 Å². The van der Waals surface area contributed by atoms with Crippen LogP contribution in [-0.4, -0.2) is 18.0 Å². The number of hydrogen-bond acceptors (Lipinski definition) is 4. The van der Waals surface area contributed by atoms with Gasteiger partial charge in [0.15, 0.2) is 0 Å². The number of rotatable bonds is 8. The van der Waals surface area contributed by atoms with Crippen LogP contribution in [0.1, 0.15) is 5.56 Å². The van der Waals surface area contributed by atoms with Gasteiger partial charge in [0, 0.05) is 22.4 Å². The second-order valence-electron chi connectivity index (χ2n) is 14.3. The molecule has 1 aromatic heterocycles. The topological polar surface area (TPSA) is 75.8 Å². The Bertz CT molecular complexity index is 3320. The van der Waals surface area contributed by atoms with E-state index in [1.807, 2.05) is 72.8 Å². The van der Waals surface area contributed by atoms with Crippen molar-refractivity contribution in [3.63, 3.8) is 0 Å². The maximum absolute atomic E-state index is 13.9. The third-order valence-corrected chi connectivity index (χ3v) is 12.5. The quantitative estimate of drug-likeness (QED) is 0.114. The lowest BCUT2D eigenvalue weighted by Crippen LogP contribution is -2.03. The van der Waals surface area contributed by atoms with E-state index in [-0.39, 0.29) is 9.80 Å². The van der Waals surface area contributed by atoms with Crippen LogP contribution < -0.4 is 0 Å². The highest BCUT2D eigenvalue weighted by molar-refractivity contribution is 7.95. The van der Waals surface area contributed by atoms with Gasteiger partial charge in [-0.3, -0.25) is 4.57 Å². The molecule has 58 heavy (non-hydrogen) atoms. The van der Waals surface area contributed by atoms with E-state index in [0.29, 0.717) is 11.4 Å². The predicted octanol–water partition coefficient (Wildman–Crippen LogP) is 12.8. The van der Waals surface area contributed by atoms with Crippen LogP contribution in [0.2, 0.25) is 0 Å². The normalized spacial score (nSPS) is 12.0.